The molecule has 4 heteroatoms. The van der Waals surface area contributed by atoms with E-state index in [1.165, 1.54) is 5.56 Å². The number of nitriles is 1. The molecule has 0 unspecified atom stereocenters. The average molecular weight is 258 g/mol. The molecule has 1 aromatic rings. The summed E-state index contributed by atoms with van der Waals surface area (Å²) >= 11 is 0. The minimum Gasteiger partial charge on any atom is -0.347 e. The van der Waals surface area contributed by atoms with Crippen molar-refractivity contribution < 1.29 is 9.47 Å². The first-order valence-corrected chi connectivity index (χ1v) is 6.79. The highest BCUT2D eigenvalue weighted by molar-refractivity contribution is 5.32. The van der Waals surface area contributed by atoms with Crippen LogP contribution in [0.3, 0.4) is 0 Å². The quantitative estimate of drug-likeness (QED) is 0.812. The Hall–Kier alpha value is -1.41. The maximum absolute atomic E-state index is 8.91. The summed E-state index contributed by atoms with van der Waals surface area (Å²) in [5.74, 6) is -0.301. The number of piperidine rings is 1. The molecule has 2 aliphatic heterocycles. The standard InChI is InChI=1S/C15H18N2O2/c16-11-13-2-1-3-14(10-13)12-17-6-4-15(5-7-17)18-8-9-19-15/h1-3,10H,4-9,12H2. The van der Waals surface area contributed by atoms with E-state index in [-0.39, 0.29) is 5.79 Å². The zero-order valence-electron chi connectivity index (χ0n) is 11.0. The van der Waals surface area contributed by atoms with Crippen LogP contribution < -0.4 is 0 Å². The third kappa shape index (κ3) is 2.79. The zero-order valence-corrected chi connectivity index (χ0v) is 11.0. The fourth-order valence-electron chi connectivity index (χ4n) is 2.83. The van der Waals surface area contributed by atoms with Crippen molar-refractivity contribution in [2.45, 2.75) is 25.2 Å². The summed E-state index contributed by atoms with van der Waals surface area (Å²) < 4.78 is 11.4. The molecule has 0 atom stereocenters. The van der Waals surface area contributed by atoms with Gasteiger partial charge in [-0.05, 0) is 17.7 Å². The number of hydrogen-bond donors (Lipinski definition) is 0. The third-order valence-electron chi connectivity index (χ3n) is 3.89. The van der Waals surface area contributed by atoms with Crippen LogP contribution >= 0.6 is 0 Å². The highest BCUT2D eigenvalue weighted by Gasteiger charge is 2.39. The van der Waals surface area contributed by atoms with Crippen LogP contribution in [-0.2, 0) is 16.0 Å². The average Bonchev–Trinajstić information content (AvgIpc) is 2.90. The number of ether oxygens (including phenoxy) is 2. The third-order valence-corrected chi connectivity index (χ3v) is 3.89. The molecular formula is C15H18N2O2. The lowest BCUT2D eigenvalue weighted by molar-refractivity contribution is -0.185. The summed E-state index contributed by atoms with van der Waals surface area (Å²) in [4.78, 5) is 2.40. The van der Waals surface area contributed by atoms with Crippen LogP contribution in [0.5, 0.6) is 0 Å². The SMILES string of the molecule is N#Cc1cccc(CN2CCC3(CC2)OCCO3)c1. The van der Waals surface area contributed by atoms with Crippen LogP contribution in [-0.4, -0.2) is 37.0 Å². The molecule has 100 valence electrons. The molecule has 0 N–H and O–H groups in total. The summed E-state index contributed by atoms with van der Waals surface area (Å²) in [5, 5.41) is 8.91. The van der Waals surface area contributed by atoms with Gasteiger partial charge in [-0.25, -0.2) is 0 Å². The molecule has 1 aromatic carbocycles. The van der Waals surface area contributed by atoms with Gasteiger partial charge in [0.15, 0.2) is 5.79 Å². The van der Waals surface area contributed by atoms with Gasteiger partial charge in [0.1, 0.15) is 0 Å². The Morgan fingerprint density at radius 3 is 2.63 bits per heavy atom. The van der Waals surface area contributed by atoms with Crippen LogP contribution in [0.4, 0.5) is 0 Å². The fourth-order valence-corrected chi connectivity index (χ4v) is 2.83. The highest BCUT2D eigenvalue weighted by atomic mass is 16.7. The van der Waals surface area contributed by atoms with Crippen molar-refractivity contribution >= 4 is 0 Å². The van der Waals surface area contributed by atoms with Crippen LogP contribution in [0.15, 0.2) is 24.3 Å². The number of hydrogen-bond acceptors (Lipinski definition) is 4. The second-order valence-electron chi connectivity index (χ2n) is 5.20. The van der Waals surface area contributed by atoms with Gasteiger partial charge in [0.05, 0.1) is 24.8 Å². The summed E-state index contributed by atoms with van der Waals surface area (Å²) in [7, 11) is 0. The first-order chi connectivity index (χ1) is 9.30. The Morgan fingerprint density at radius 2 is 1.95 bits per heavy atom. The Labute approximate surface area is 113 Å². The lowest BCUT2D eigenvalue weighted by Gasteiger charge is -2.37. The Kier molecular flexibility index (Phi) is 3.52. The zero-order chi connectivity index (χ0) is 13.1. The van der Waals surface area contributed by atoms with E-state index in [1.807, 2.05) is 18.2 Å². The van der Waals surface area contributed by atoms with E-state index >= 15 is 0 Å². The van der Waals surface area contributed by atoms with E-state index in [2.05, 4.69) is 17.0 Å². The normalized spacial score (nSPS) is 22.5. The smallest absolute Gasteiger partial charge is 0.170 e. The number of nitrogens with zero attached hydrogens (tertiary/aromatic N) is 2. The maximum Gasteiger partial charge on any atom is 0.170 e. The van der Waals surface area contributed by atoms with Gasteiger partial charge in [0, 0.05) is 32.5 Å². The minimum atomic E-state index is -0.301. The molecule has 2 fully saturated rings. The minimum absolute atomic E-state index is 0.301. The first-order valence-electron chi connectivity index (χ1n) is 6.79. The lowest BCUT2D eigenvalue weighted by Crippen LogP contribution is -2.44. The molecule has 2 heterocycles. The van der Waals surface area contributed by atoms with Crippen molar-refractivity contribution in [3.63, 3.8) is 0 Å². The first kappa shape index (κ1) is 12.6. The Morgan fingerprint density at radius 1 is 1.21 bits per heavy atom. The van der Waals surface area contributed by atoms with Crippen molar-refractivity contribution in [2.24, 2.45) is 0 Å². The summed E-state index contributed by atoms with van der Waals surface area (Å²) in [6, 6.07) is 10.0. The number of rotatable bonds is 2. The van der Waals surface area contributed by atoms with E-state index in [0.29, 0.717) is 0 Å². The molecule has 3 rings (SSSR count). The number of likely N-dealkylation sites (tertiary alicyclic amines) is 1. The van der Waals surface area contributed by atoms with Crippen LogP contribution in [0.25, 0.3) is 0 Å². The molecule has 0 saturated carbocycles. The van der Waals surface area contributed by atoms with Crippen molar-refractivity contribution in [1.29, 1.82) is 5.26 Å². The molecule has 2 aliphatic rings. The van der Waals surface area contributed by atoms with Gasteiger partial charge < -0.3 is 9.47 Å². The molecule has 4 nitrogen and oxygen atoms in total. The van der Waals surface area contributed by atoms with Crippen molar-refractivity contribution in [3.8, 4) is 6.07 Å². The van der Waals surface area contributed by atoms with Gasteiger partial charge in [-0.1, -0.05) is 12.1 Å². The van der Waals surface area contributed by atoms with Crippen molar-refractivity contribution in [1.82, 2.24) is 4.90 Å². The molecule has 0 bridgehead atoms. The summed E-state index contributed by atoms with van der Waals surface area (Å²) in [6.45, 7) is 4.31. The van der Waals surface area contributed by atoms with Gasteiger partial charge in [0.25, 0.3) is 0 Å². The second-order valence-corrected chi connectivity index (χ2v) is 5.20. The predicted octanol–water partition coefficient (Wildman–Crippen LogP) is 1.90. The molecule has 1 spiro atoms. The second kappa shape index (κ2) is 5.30. The van der Waals surface area contributed by atoms with E-state index < -0.39 is 0 Å². The molecule has 0 aromatic heterocycles. The van der Waals surface area contributed by atoms with E-state index in [0.717, 1.165) is 51.3 Å². The molecule has 2 saturated heterocycles. The summed E-state index contributed by atoms with van der Waals surface area (Å²) in [6.07, 6.45) is 1.87. The predicted molar refractivity (Wildman–Crippen MR) is 70.3 cm³/mol. The molecule has 0 radical (unpaired) electrons. The van der Waals surface area contributed by atoms with E-state index in [9.17, 15) is 0 Å². The molecule has 19 heavy (non-hydrogen) atoms. The van der Waals surface area contributed by atoms with Crippen molar-refractivity contribution in [2.75, 3.05) is 26.3 Å². The van der Waals surface area contributed by atoms with E-state index in [4.69, 9.17) is 14.7 Å². The largest absolute Gasteiger partial charge is 0.347 e. The highest BCUT2D eigenvalue weighted by Crippen LogP contribution is 2.31. The van der Waals surface area contributed by atoms with Gasteiger partial charge in [-0.2, -0.15) is 5.26 Å². The van der Waals surface area contributed by atoms with Gasteiger partial charge >= 0.3 is 0 Å². The van der Waals surface area contributed by atoms with Crippen LogP contribution in [0, 0.1) is 11.3 Å². The topological polar surface area (TPSA) is 45.5 Å². The summed E-state index contributed by atoms with van der Waals surface area (Å²) in [5.41, 5.74) is 1.93. The Bertz CT molecular complexity index is 479. The van der Waals surface area contributed by atoms with Gasteiger partial charge in [-0.15, -0.1) is 0 Å². The molecule has 0 aliphatic carbocycles. The van der Waals surface area contributed by atoms with Gasteiger partial charge in [0.2, 0.25) is 0 Å². The maximum atomic E-state index is 8.91. The van der Waals surface area contributed by atoms with Crippen molar-refractivity contribution in [3.05, 3.63) is 35.4 Å². The van der Waals surface area contributed by atoms with Gasteiger partial charge in [-0.3, -0.25) is 4.90 Å². The van der Waals surface area contributed by atoms with E-state index in [1.54, 1.807) is 0 Å². The number of benzene rings is 1. The van der Waals surface area contributed by atoms with Crippen LogP contribution in [0.1, 0.15) is 24.0 Å². The Balaban J connectivity index is 1.58. The van der Waals surface area contributed by atoms with Crippen LogP contribution in [0.2, 0.25) is 0 Å². The monoisotopic (exact) mass is 258 g/mol. The lowest BCUT2D eigenvalue weighted by atomic mass is 10.0. The molecule has 0 amide bonds. The fraction of sp³-hybridized carbons (Fsp3) is 0.533. The molecular weight excluding hydrogens is 240 g/mol.